The number of hydrogen-bond acceptors (Lipinski definition) is 17. The second-order valence-electron chi connectivity index (χ2n) is 17.6. The lowest BCUT2D eigenvalue weighted by Gasteiger charge is -2.32. The van der Waals surface area contributed by atoms with Crippen LogP contribution in [0.3, 0.4) is 0 Å². The minimum absolute atomic E-state index is 0.0325. The molecule has 22 nitrogen and oxygen atoms in total. The molecule has 0 saturated carbocycles. The number of aliphatic hydroxyl groups is 2. The van der Waals surface area contributed by atoms with E-state index in [0.29, 0.717) is 11.1 Å². The van der Waals surface area contributed by atoms with Crippen LogP contribution in [0.25, 0.3) is 22.5 Å². The van der Waals surface area contributed by atoms with Crippen molar-refractivity contribution in [3.8, 4) is 39.8 Å². The Bertz CT molecular complexity index is 2680. The van der Waals surface area contributed by atoms with Gasteiger partial charge in [0.25, 0.3) is 10.2 Å². The number of nitrogens with one attached hydrogen (secondary N) is 2. The number of benzene rings is 3. The van der Waals surface area contributed by atoms with Crippen molar-refractivity contribution in [2.45, 2.75) is 83.6 Å². The number of carboxylic acids is 1. The molecule has 23 heteroatoms. The van der Waals surface area contributed by atoms with Gasteiger partial charge in [-0.1, -0.05) is 50.6 Å². The SMILES string of the molecule is CCCCc1ccc(-c2nc(C)c(C(=O)C[C@@H](CNS(N)(=O)=O)C(=O)N(C)[C@@H]3C(=O)C[C@@H](C)C(=O)N[C@H](C(=O)O)Cc4ccc(OC[C@H](O)CN)c(c4)-c4cc3cc(OC[C@H](O)CN)c4O)c(N)n2)cc1. The minimum Gasteiger partial charge on any atom is -0.504 e. The van der Waals surface area contributed by atoms with Crippen molar-refractivity contribution in [3.05, 3.63) is 82.5 Å². The van der Waals surface area contributed by atoms with Crippen LogP contribution in [0.5, 0.6) is 17.2 Å². The molecule has 1 aliphatic heterocycles. The van der Waals surface area contributed by atoms with Gasteiger partial charge >= 0.3 is 5.97 Å². The summed E-state index contributed by atoms with van der Waals surface area (Å²) < 4.78 is 38.5. The van der Waals surface area contributed by atoms with E-state index in [9.17, 15) is 52.8 Å². The maximum absolute atomic E-state index is 14.9. The number of phenolic OH excluding ortho intramolecular Hbond substituents is 1. The van der Waals surface area contributed by atoms with E-state index in [1.54, 1.807) is 0 Å². The molecule has 0 aliphatic carbocycles. The zero-order chi connectivity index (χ0) is 52.3. The quantitative estimate of drug-likeness (QED) is 0.0521. The molecular formula is C48H63N9O13S. The second-order valence-corrected chi connectivity index (χ2v) is 19.0. The van der Waals surface area contributed by atoms with E-state index >= 15 is 0 Å². The lowest BCUT2D eigenvalue weighted by molar-refractivity contribution is -0.143. The van der Waals surface area contributed by atoms with Crippen LogP contribution in [-0.4, -0.2) is 131 Å². The first kappa shape index (κ1) is 55.3. The van der Waals surface area contributed by atoms with Crippen LogP contribution in [0.2, 0.25) is 0 Å². The summed E-state index contributed by atoms with van der Waals surface area (Å²) >= 11 is 0. The Labute approximate surface area is 411 Å². The van der Waals surface area contributed by atoms with Gasteiger partial charge in [0, 0.05) is 68.6 Å². The highest BCUT2D eigenvalue weighted by Gasteiger charge is 2.38. The fourth-order valence-electron chi connectivity index (χ4n) is 8.01. The molecule has 2 amide bonds. The number of rotatable bonds is 21. The Morgan fingerprint density at radius 1 is 0.944 bits per heavy atom. The summed E-state index contributed by atoms with van der Waals surface area (Å²) in [6.07, 6.45) is -1.03. The summed E-state index contributed by atoms with van der Waals surface area (Å²) in [4.78, 5) is 80.0. The van der Waals surface area contributed by atoms with Crippen LogP contribution < -0.4 is 41.9 Å². The first-order chi connectivity index (χ1) is 33.5. The third-order valence-corrected chi connectivity index (χ3v) is 12.5. The van der Waals surface area contributed by atoms with Gasteiger partial charge in [-0.2, -0.15) is 8.42 Å². The van der Waals surface area contributed by atoms with Gasteiger partial charge in [0.2, 0.25) is 11.8 Å². The van der Waals surface area contributed by atoms with Gasteiger partial charge in [-0.25, -0.2) is 24.6 Å². The van der Waals surface area contributed by atoms with E-state index in [2.05, 4.69) is 26.9 Å². The van der Waals surface area contributed by atoms with Gasteiger partial charge in [-0.05, 0) is 60.7 Å². The number of Topliss-reactive ketones (excluding diaryl/α,β-unsaturated/α-hetero) is 2. The van der Waals surface area contributed by atoms with E-state index in [1.165, 1.54) is 51.2 Å². The average Bonchev–Trinajstić information content (AvgIpc) is 3.32. The molecule has 0 radical (unpaired) electrons. The monoisotopic (exact) mass is 1010 g/mol. The number of aromatic hydroxyl groups is 1. The Hall–Kier alpha value is -6.60. The van der Waals surface area contributed by atoms with Crippen molar-refractivity contribution in [3.63, 3.8) is 0 Å². The van der Waals surface area contributed by atoms with Gasteiger partial charge in [0.05, 0.1) is 17.2 Å². The number of fused-ring (bicyclic) bond motifs is 5. The van der Waals surface area contributed by atoms with Gasteiger partial charge in [-0.3, -0.25) is 19.2 Å². The average molecular weight is 1010 g/mol. The number of likely N-dealkylation sites (N-methyl/N-ethyl adjacent to an activating group) is 1. The van der Waals surface area contributed by atoms with Gasteiger partial charge in [0.15, 0.2) is 28.9 Å². The standard InChI is InChI=1S/C48H63N9O13S/c1-5-6-7-27-8-11-29(12-9-27)45-54-26(3)41(44(51)56-45)37(60)18-31(22-53-71(52,67)68)47(64)57(4)42-30-17-35(43(62)40(19-30)70-24-33(59)21-50)34-15-28(10-13-39(34)69-23-32(58)20-49)16-36(48(65)66)55-46(63)25(2)14-38(42)61/h8-13,15,17,19,25,31-33,36,42,53,58-59,62H,5-7,14,16,18,20-24,49-50H2,1-4H3,(H,55,63)(H,65,66)(H2,51,54,56)(H2,52,67,68)/t25-,31+,32-,33-,36+,42+/m1/s1. The normalized spacial score (nSPS) is 17.6. The highest BCUT2D eigenvalue weighted by molar-refractivity contribution is 7.87. The number of phenols is 1. The van der Waals surface area contributed by atoms with Crippen molar-refractivity contribution in [2.24, 2.45) is 28.4 Å². The number of amides is 2. The summed E-state index contributed by atoms with van der Waals surface area (Å²) in [7, 11) is -3.29. The minimum atomic E-state index is -4.49. The molecule has 4 aromatic rings. The number of carbonyl (C=O) groups excluding carboxylic acids is 4. The van der Waals surface area contributed by atoms with Crippen LogP contribution in [0, 0.1) is 18.8 Å². The first-order valence-electron chi connectivity index (χ1n) is 22.9. The third kappa shape index (κ3) is 14.5. The molecule has 6 atom stereocenters. The number of aryl methyl sites for hydroxylation is 2. The third-order valence-electron chi connectivity index (χ3n) is 11.9. The highest BCUT2D eigenvalue weighted by atomic mass is 32.2. The molecule has 0 saturated heterocycles. The largest absolute Gasteiger partial charge is 0.504 e. The lowest BCUT2D eigenvalue weighted by Crippen LogP contribution is -2.46. The van der Waals surface area contributed by atoms with E-state index in [-0.39, 0.29) is 77.2 Å². The zero-order valence-electron chi connectivity index (χ0n) is 40.0. The topological polar surface area (TPSA) is 376 Å². The summed E-state index contributed by atoms with van der Waals surface area (Å²) in [6, 6.07) is 11.3. The Balaban J connectivity index is 1.66. The summed E-state index contributed by atoms with van der Waals surface area (Å²) in [5, 5.41) is 50.6. The summed E-state index contributed by atoms with van der Waals surface area (Å²) in [5.74, 6) is -8.37. The number of unbranched alkanes of at least 4 members (excludes halogenated alkanes) is 1. The molecule has 1 aliphatic rings. The molecule has 2 heterocycles. The molecule has 14 N–H and O–H groups in total. The predicted octanol–water partition coefficient (Wildman–Crippen LogP) is 1.05. The van der Waals surface area contributed by atoms with Crippen molar-refractivity contribution < 1.29 is 62.3 Å². The second kappa shape index (κ2) is 24.5. The highest BCUT2D eigenvalue weighted by Crippen LogP contribution is 2.45. The number of aromatic nitrogens is 2. The maximum atomic E-state index is 14.9. The predicted molar refractivity (Wildman–Crippen MR) is 261 cm³/mol. The molecule has 384 valence electrons. The number of carboxylic acid groups (broad SMARTS) is 1. The van der Waals surface area contributed by atoms with E-state index in [4.69, 9.17) is 31.8 Å². The Morgan fingerprint density at radius 2 is 1.59 bits per heavy atom. The lowest BCUT2D eigenvalue weighted by atomic mass is 9.88. The maximum Gasteiger partial charge on any atom is 0.326 e. The van der Waals surface area contributed by atoms with Gasteiger partial charge in [0.1, 0.15) is 49.1 Å². The van der Waals surface area contributed by atoms with Crippen LogP contribution in [0.1, 0.15) is 78.3 Å². The molecule has 0 fully saturated rings. The number of carbonyl (C=O) groups is 5. The molecule has 0 spiro atoms. The Kier molecular flexibility index (Phi) is 19.1. The van der Waals surface area contributed by atoms with E-state index < -0.39 is 107 Å². The number of hydrogen-bond donors (Lipinski definition) is 10. The number of anilines is 1. The molecule has 1 aromatic heterocycles. The smallest absolute Gasteiger partial charge is 0.326 e. The molecule has 71 heavy (non-hydrogen) atoms. The van der Waals surface area contributed by atoms with Crippen molar-refractivity contribution in [2.75, 3.05) is 45.6 Å². The molecule has 3 aromatic carbocycles. The van der Waals surface area contributed by atoms with E-state index in [1.807, 2.05) is 24.3 Å². The Morgan fingerprint density at radius 3 is 2.18 bits per heavy atom. The molecule has 4 bridgehead atoms. The van der Waals surface area contributed by atoms with Gasteiger partial charge < -0.3 is 57.3 Å². The van der Waals surface area contributed by atoms with Crippen LogP contribution in [-0.2, 0) is 42.2 Å². The van der Waals surface area contributed by atoms with Gasteiger partial charge in [-0.15, -0.1) is 0 Å². The first-order valence-corrected chi connectivity index (χ1v) is 24.5. The molecular weight excluding hydrogens is 943 g/mol. The van der Waals surface area contributed by atoms with Crippen molar-refractivity contribution >= 4 is 45.4 Å². The molecule has 5 rings (SSSR count). The van der Waals surface area contributed by atoms with Crippen molar-refractivity contribution in [1.29, 1.82) is 0 Å². The number of aliphatic carboxylic acids is 1. The fourth-order valence-corrected chi connectivity index (χ4v) is 8.44. The number of nitrogens with two attached hydrogens (primary N) is 4. The molecule has 0 unspecified atom stereocenters. The van der Waals surface area contributed by atoms with E-state index in [0.717, 1.165) is 29.7 Å². The number of nitrogen functional groups attached to an aromatic ring is 1. The summed E-state index contributed by atoms with van der Waals surface area (Å²) in [6.45, 7) is 3.02. The number of aliphatic hydroxyl groups excluding tert-OH is 2. The van der Waals surface area contributed by atoms with Crippen LogP contribution in [0.15, 0.2) is 54.6 Å². The van der Waals surface area contributed by atoms with Crippen LogP contribution >= 0.6 is 0 Å². The number of ketones is 2. The van der Waals surface area contributed by atoms with Crippen molar-refractivity contribution in [1.82, 2.24) is 24.9 Å². The van der Waals surface area contributed by atoms with Crippen LogP contribution in [0.4, 0.5) is 5.82 Å². The zero-order valence-corrected chi connectivity index (χ0v) is 40.8. The summed E-state index contributed by atoms with van der Waals surface area (Å²) in [5.41, 5.74) is 19.7. The fraction of sp³-hybridized carbons (Fsp3) is 0.438. The number of nitrogens with zero attached hydrogens (tertiary/aromatic N) is 3. The number of ether oxygens (including phenoxy) is 2.